The third-order valence-electron chi connectivity index (χ3n) is 4.41. The van der Waals surface area contributed by atoms with Crippen molar-refractivity contribution >= 4 is 5.91 Å². The normalized spacial score (nSPS) is 11.8. The number of hydrogen-bond acceptors (Lipinski definition) is 3. The molecule has 0 radical (unpaired) electrons. The minimum absolute atomic E-state index is 0.0645. The zero-order chi connectivity index (χ0) is 19.2. The molecule has 27 heavy (non-hydrogen) atoms. The van der Waals surface area contributed by atoms with Gasteiger partial charge in [-0.2, -0.15) is 5.10 Å². The van der Waals surface area contributed by atoms with Crippen LogP contribution < -0.4 is 10.7 Å². The summed E-state index contributed by atoms with van der Waals surface area (Å²) in [6.07, 6.45) is 1.65. The fourth-order valence-corrected chi connectivity index (χ4v) is 2.93. The van der Waals surface area contributed by atoms with Crippen molar-refractivity contribution in [3.63, 3.8) is 0 Å². The van der Waals surface area contributed by atoms with Gasteiger partial charge in [0, 0.05) is 17.8 Å². The smallest absolute Gasteiger partial charge is 0.276 e. The molecule has 0 aliphatic carbocycles. The van der Waals surface area contributed by atoms with Crippen molar-refractivity contribution in [2.75, 3.05) is 0 Å². The third kappa shape index (κ3) is 4.70. The Morgan fingerprint density at radius 3 is 2.37 bits per heavy atom. The summed E-state index contributed by atoms with van der Waals surface area (Å²) < 4.78 is 1.62. The second-order valence-electron chi connectivity index (χ2n) is 6.64. The third-order valence-corrected chi connectivity index (χ3v) is 4.41. The van der Waals surface area contributed by atoms with Crippen molar-refractivity contribution < 1.29 is 4.79 Å². The Labute approximate surface area is 158 Å². The topological polar surface area (TPSA) is 64.0 Å². The molecule has 5 heteroatoms. The molecule has 3 aromatic rings. The maximum Gasteiger partial charge on any atom is 0.276 e. The predicted octanol–water partition coefficient (Wildman–Crippen LogP) is 3.29. The number of hydrogen-bond donors (Lipinski definition) is 1. The fourth-order valence-electron chi connectivity index (χ4n) is 2.93. The summed E-state index contributed by atoms with van der Waals surface area (Å²) >= 11 is 0. The maximum atomic E-state index is 12.6. The highest BCUT2D eigenvalue weighted by atomic mass is 16.2. The first-order valence-corrected chi connectivity index (χ1v) is 9.06. The van der Waals surface area contributed by atoms with Crippen molar-refractivity contribution in [1.82, 2.24) is 15.1 Å². The highest BCUT2D eigenvalue weighted by molar-refractivity contribution is 5.92. The zero-order valence-corrected chi connectivity index (χ0v) is 15.6. The van der Waals surface area contributed by atoms with Crippen LogP contribution in [-0.2, 0) is 6.42 Å². The molecule has 1 unspecified atom stereocenters. The van der Waals surface area contributed by atoms with E-state index < -0.39 is 5.91 Å². The van der Waals surface area contributed by atoms with Gasteiger partial charge in [0.25, 0.3) is 5.91 Å². The van der Waals surface area contributed by atoms with Crippen LogP contribution in [0.2, 0.25) is 0 Å². The Bertz CT molecular complexity index is 966. The van der Waals surface area contributed by atoms with Crippen LogP contribution in [0.4, 0.5) is 0 Å². The maximum absolute atomic E-state index is 12.6. The van der Waals surface area contributed by atoms with Gasteiger partial charge >= 0.3 is 0 Å². The number of nitrogens with one attached hydrogen (secondary N) is 1. The second-order valence-corrected chi connectivity index (χ2v) is 6.64. The monoisotopic (exact) mass is 361 g/mol. The molecule has 0 saturated heterocycles. The Morgan fingerprint density at radius 1 is 1.07 bits per heavy atom. The molecule has 1 amide bonds. The van der Waals surface area contributed by atoms with Crippen LogP contribution in [0.15, 0.2) is 71.5 Å². The Morgan fingerprint density at radius 2 is 1.70 bits per heavy atom. The molecule has 0 bridgehead atoms. The molecule has 1 atom stereocenters. The van der Waals surface area contributed by atoms with Gasteiger partial charge in [0.15, 0.2) is 5.69 Å². The van der Waals surface area contributed by atoms with Gasteiger partial charge in [-0.05, 0) is 44.4 Å². The van der Waals surface area contributed by atoms with Gasteiger partial charge in [0.05, 0.1) is 5.69 Å². The van der Waals surface area contributed by atoms with E-state index in [2.05, 4.69) is 22.5 Å². The van der Waals surface area contributed by atoms with Gasteiger partial charge in [0.1, 0.15) is 0 Å². The van der Waals surface area contributed by atoms with E-state index in [4.69, 9.17) is 0 Å². The average Bonchev–Trinajstić information content (AvgIpc) is 2.68. The summed E-state index contributed by atoms with van der Waals surface area (Å²) in [4.78, 5) is 24.9. The largest absolute Gasteiger partial charge is 0.348 e. The van der Waals surface area contributed by atoms with Crippen molar-refractivity contribution in [1.29, 1.82) is 0 Å². The molecular formula is C22H23N3O2. The summed E-state index contributed by atoms with van der Waals surface area (Å²) in [5.74, 6) is -0.440. The van der Waals surface area contributed by atoms with E-state index in [1.165, 1.54) is 11.6 Å². The summed E-state index contributed by atoms with van der Waals surface area (Å²) in [5, 5.41) is 7.20. The molecule has 0 saturated carbocycles. The van der Waals surface area contributed by atoms with E-state index in [0.29, 0.717) is 5.69 Å². The van der Waals surface area contributed by atoms with E-state index in [0.717, 1.165) is 18.5 Å². The zero-order valence-electron chi connectivity index (χ0n) is 15.6. The number of rotatable bonds is 6. The molecule has 1 N–H and O–H groups in total. The average molecular weight is 361 g/mol. The summed E-state index contributed by atoms with van der Waals surface area (Å²) in [5.41, 5.74) is 2.25. The van der Waals surface area contributed by atoms with Crippen LogP contribution in [-0.4, -0.2) is 21.7 Å². The molecule has 1 aromatic heterocycles. The van der Waals surface area contributed by atoms with E-state index in [1.807, 2.05) is 55.5 Å². The highest BCUT2D eigenvalue weighted by Crippen LogP contribution is 2.08. The van der Waals surface area contributed by atoms with Gasteiger partial charge in [-0.15, -0.1) is 0 Å². The standard InChI is InChI=1S/C22H23N3O2/c1-16(13-14-18-9-5-3-6-10-18)23-22(27)21-20(26)15-17(2)25(24-21)19-11-7-4-8-12-19/h3-12,15-16H,13-14H2,1-2H3,(H,23,27). The lowest BCUT2D eigenvalue weighted by molar-refractivity contribution is 0.0930. The molecule has 2 aromatic carbocycles. The molecule has 5 nitrogen and oxygen atoms in total. The van der Waals surface area contributed by atoms with Crippen molar-refractivity contribution in [3.8, 4) is 5.69 Å². The van der Waals surface area contributed by atoms with Crippen LogP contribution in [0.3, 0.4) is 0 Å². The first-order valence-electron chi connectivity index (χ1n) is 9.06. The molecule has 0 aliphatic rings. The molecule has 1 heterocycles. The second kappa shape index (κ2) is 8.45. The van der Waals surface area contributed by atoms with Crippen molar-refractivity contribution in [2.24, 2.45) is 0 Å². The number of aromatic nitrogens is 2. The summed E-state index contributed by atoms with van der Waals surface area (Å²) in [6, 6.07) is 20.9. The van der Waals surface area contributed by atoms with Crippen LogP contribution in [0.1, 0.15) is 35.1 Å². The van der Waals surface area contributed by atoms with Crippen molar-refractivity contribution in [3.05, 3.63) is 93.9 Å². The van der Waals surface area contributed by atoms with Gasteiger partial charge in [-0.25, -0.2) is 4.68 Å². The quantitative estimate of drug-likeness (QED) is 0.733. The van der Waals surface area contributed by atoms with E-state index >= 15 is 0 Å². The Balaban J connectivity index is 1.73. The van der Waals surface area contributed by atoms with Crippen LogP contribution >= 0.6 is 0 Å². The number of aryl methyl sites for hydroxylation is 2. The van der Waals surface area contributed by atoms with Gasteiger partial charge in [0.2, 0.25) is 5.43 Å². The fraction of sp³-hybridized carbons (Fsp3) is 0.227. The van der Waals surface area contributed by atoms with Crippen LogP contribution in [0, 0.1) is 6.92 Å². The number of carbonyl (C=O) groups is 1. The first-order chi connectivity index (χ1) is 13.0. The van der Waals surface area contributed by atoms with Gasteiger partial charge in [-0.3, -0.25) is 9.59 Å². The lowest BCUT2D eigenvalue weighted by Gasteiger charge is -2.15. The number of carbonyl (C=O) groups excluding carboxylic acids is 1. The van der Waals surface area contributed by atoms with Gasteiger partial charge < -0.3 is 5.32 Å². The lowest BCUT2D eigenvalue weighted by Crippen LogP contribution is -2.37. The molecule has 0 spiro atoms. The van der Waals surface area contributed by atoms with Crippen LogP contribution in [0.25, 0.3) is 5.69 Å². The molecular weight excluding hydrogens is 338 g/mol. The molecule has 138 valence electrons. The summed E-state index contributed by atoms with van der Waals surface area (Å²) in [7, 11) is 0. The molecule has 0 fully saturated rings. The number of para-hydroxylation sites is 1. The minimum Gasteiger partial charge on any atom is -0.348 e. The molecule has 3 rings (SSSR count). The first kappa shape index (κ1) is 18.6. The number of nitrogens with zero attached hydrogens (tertiary/aromatic N) is 2. The summed E-state index contributed by atoms with van der Waals surface area (Å²) in [6.45, 7) is 3.73. The van der Waals surface area contributed by atoms with E-state index in [1.54, 1.807) is 11.6 Å². The Hall–Kier alpha value is -3.21. The van der Waals surface area contributed by atoms with Crippen LogP contribution in [0.5, 0.6) is 0 Å². The minimum atomic E-state index is -0.440. The SMILES string of the molecule is Cc1cc(=O)c(C(=O)NC(C)CCc2ccccc2)nn1-c1ccccc1. The van der Waals surface area contributed by atoms with E-state index in [9.17, 15) is 9.59 Å². The van der Waals surface area contributed by atoms with Gasteiger partial charge in [-0.1, -0.05) is 48.5 Å². The highest BCUT2D eigenvalue weighted by Gasteiger charge is 2.17. The Kier molecular flexibility index (Phi) is 5.81. The predicted molar refractivity (Wildman–Crippen MR) is 106 cm³/mol. The van der Waals surface area contributed by atoms with Crippen molar-refractivity contribution in [2.45, 2.75) is 32.7 Å². The molecule has 0 aliphatic heterocycles. The number of benzene rings is 2. The number of amides is 1. The lowest BCUT2D eigenvalue weighted by atomic mass is 10.1. The van der Waals surface area contributed by atoms with E-state index in [-0.39, 0.29) is 17.2 Å².